The van der Waals surface area contributed by atoms with Crippen LogP contribution in [0.2, 0.25) is 0 Å². The fourth-order valence-corrected chi connectivity index (χ4v) is 4.55. The monoisotopic (exact) mass is 498 g/mol. The van der Waals surface area contributed by atoms with Gasteiger partial charge in [-0.15, -0.1) is 5.10 Å². The van der Waals surface area contributed by atoms with Gasteiger partial charge in [-0.2, -0.15) is 0 Å². The van der Waals surface area contributed by atoms with Crippen LogP contribution in [0.3, 0.4) is 0 Å². The molecule has 1 unspecified atom stereocenters. The van der Waals surface area contributed by atoms with Gasteiger partial charge in [0.15, 0.2) is 11.6 Å². The van der Waals surface area contributed by atoms with Crippen LogP contribution < -0.4 is 15.5 Å². The summed E-state index contributed by atoms with van der Waals surface area (Å²) in [6.07, 6.45) is 4.25. The van der Waals surface area contributed by atoms with Gasteiger partial charge in [0.2, 0.25) is 0 Å². The number of carbonyl (C=O) groups excluding carboxylic acids is 2. The summed E-state index contributed by atoms with van der Waals surface area (Å²) in [5.41, 5.74) is 0.695. The van der Waals surface area contributed by atoms with Crippen molar-refractivity contribution in [2.24, 2.45) is 11.3 Å². The van der Waals surface area contributed by atoms with Crippen LogP contribution in [0.15, 0.2) is 40.9 Å². The molecule has 1 spiro atoms. The first kappa shape index (κ1) is 23.6. The minimum atomic E-state index is -1.04. The number of amides is 1. The number of esters is 1. The lowest BCUT2D eigenvalue weighted by atomic mass is 9.91. The topological polar surface area (TPSA) is 122 Å². The van der Waals surface area contributed by atoms with Crippen LogP contribution in [-0.2, 0) is 9.53 Å². The molecule has 3 aromatic rings. The number of halogens is 2. The second-order valence-electron chi connectivity index (χ2n) is 8.88. The van der Waals surface area contributed by atoms with Crippen LogP contribution in [0.5, 0.6) is 0 Å². The van der Waals surface area contributed by atoms with Crippen molar-refractivity contribution in [3.8, 4) is 0 Å². The average molecular weight is 498 g/mol. The van der Waals surface area contributed by atoms with Gasteiger partial charge in [0.1, 0.15) is 5.82 Å². The summed E-state index contributed by atoms with van der Waals surface area (Å²) in [7, 11) is 0. The van der Waals surface area contributed by atoms with E-state index in [0.717, 1.165) is 50.3 Å². The Morgan fingerprint density at radius 1 is 1.14 bits per heavy atom. The van der Waals surface area contributed by atoms with Gasteiger partial charge in [0, 0.05) is 24.8 Å². The number of ether oxygens (including phenoxy) is 1. The maximum atomic E-state index is 13.3. The molecule has 1 atom stereocenters. The maximum absolute atomic E-state index is 13.3. The number of piperidine rings is 1. The molecule has 5 rings (SSSR count). The van der Waals surface area contributed by atoms with Crippen molar-refractivity contribution in [1.29, 1.82) is 0 Å². The van der Waals surface area contributed by atoms with Crippen LogP contribution in [0.25, 0.3) is 0 Å². The highest BCUT2D eigenvalue weighted by Gasteiger charge is 2.59. The van der Waals surface area contributed by atoms with E-state index < -0.39 is 17.5 Å². The molecule has 0 bridgehead atoms. The predicted octanol–water partition coefficient (Wildman–Crippen LogP) is 3.91. The van der Waals surface area contributed by atoms with E-state index in [-0.39, 0.29) is 34.9 Å². The minimum absolute atomic E-state index is 0.0161. The van der Waals surface area contributed by atoms with Crippen molar-refractivity contribution in [2.45, 2.75) is 26.2 Å². The summed E-state index contributed by atoms with van der Waals surface area (Å²) in [6.45, 7) is 3.82. The molecular weight excluding hydrogens is 474 g/mol. The average Bonchev–Trinajstić information content (AvgIpc) is 3.36. The molecule has 2 N–H and O–H groups in total. The molecule has 10 nitrogen and oxygen atoms in total. The zero-order valence-corrected chi connectivity index (χ0v) is 19.5. The number of nitrogens with one attached hydrogen (secondary N) is 2. The van der Waals surface area contributed by atoms with Crippen LogP contribution in [0.1, 0.15) is 36.9 Å². The number of nitrogens with zero attached hydrogens (tertiary/aromatic N) is 4. The zero-order chi connectivity index (χ0) is 25.3. The summed E-state index contributed by atoms with van der Waals surface area (Å²) in [5.74, 6) is -2.27. The lowest BCUT2D eigenvalue weighted by Crippen LogP contribution is -2.36. The van der Waals surface area contributed by atoms with Gasteiger partial charge in [-0.05, 0) is 55.9 Å². The Hall–Kier alpha value is -4.09. The van der Waals surface area contributed by atoms with Gasteiger partial charge in [-0.1, -0.05) is 5.10 Å². The molecule has 12 heteroatoms. The van der Waals surface area contributed by atoms with Gasteiger partial charge in [0.25, 0.3) is 0 Å². The molecule has 0 radical (unpaired) electrons. The third-order valence-corrected chi connectivity index (χ3v) is 6.64. The van der Waals surface area contributed by atoms with Gasteiger partial charge < -0.3 is 24.7 Å². The van der Waals surface area contributed by atoms with Crippen LogP contribution in [-0.4, -0.2) is 46.8 Å². The number of pyridine rings is 1. The molecule has 2 aliphatic rings. The molecule has 2 fully saturated rings. The number of carbonyl (C=O) groups is 2. The molecule has 2 aromatic heterocycles. The van der Waals surface area contributed by atoms with E-state index in [2.05, 4.69) is 30.7 Å². The predicted molar refractivity (Wildman–Crippen MR) is 125 cm³/mol. The van der Waals surface area contributed by atoms with E-state index in [1.54, 1.807) is 6.07 Å². The summed E-state index contributed by atoms with van der Waals surface area (Å²) >= 11 is 0. The standard InChI is InChI=1S/C24H24F2N6O4/c1-2-35-22(34)16-12-24(16)7-9-32(10-8-24)19-6-4-15(13-27-19)28-20(33)21-30-31-23(36-21)29-14-3-5-17(25)18(26)11-14/h3-6,11,13,16H,2,7-10,12H2,1H3,(H,28,33)(H,29,31). The molecule has 1 aliphatic heterocycles. The van der Waals surface area contributed by atoms with Gasteiger partial charge in [-0.3, -0.25) is 9.59 Å². The van der Waals surface area contributed by atoms with Crippen LogP contribution >= 0.6 is 0 Å². The maximum Gasteiger partial charge on any atom is 0.320 e. The highest BCUT2D eigenvalue weighted by atomic mass is 19.2. The number of rotatable bonds is 7. The smallest absolute Gasteiger partial charge is 0.320 e. The number of anilines is 4. The lowest BCUT2D eigenvalue weighted by molar-refractivity contribution is -0.145. The molecular formula is C24H24F2N6O4. The SMILES string of the molecule is CCOC(=O)C1CC12CCN(c1ccc(NC(=O)c3nnc(Nc4ccc(F)c(F)c4)o3)cn1)CC2. The van der Waals surface area contributed by atoms with Crippen molar-refractivity contribution >= 4 is 35.1 Å². The van der Waals surface area contributed by atoms with Crippen LogP contribution in [0.4, 0.5) is 32.0 Å². The van der Waals surface area contributed by atoms with E-state index in [4.69, 9.17) is 9.15 Å². The van der Waals surface area contributed by atoms with E-state index in [0.29, 0.717) is 12.3 Å². The normalized spacial score (nSPS) is 18.1. The van der Waals surface area contributed by atoms with Crippen molar-refractivity contribution in [3.63, 3.8) is 0 Å². The number of hydrogen-bond acceptors (Lipinski definition) is 9. The Labute approximate surface area is 205 Å². The summed E-state index contributed by atoms with van der Waals surface area (Å²) in [4.78, 5) is 31.1. The number of hydrogen-bond donors (Lipinski definition) is 2. The Balaban J connectivity index is 1.14. The van der Waals surface area contributed by atoms with Crippen LogP contribution in [0, 0.1) is 23.0 Å². The molecule has 1 aliphatic carbocycles. The van der Waals surface area contributed by atoms with E-state index in [9.17, 15) is 18.4 Å². The van der Waals surface area contributed by atoms with E-state index in [1.165, 1.54) is 12.3 Å². The third-order valence-electron chi connectivity index (χ3n) is 6.64. The second kappa shape index (κ2) is 9.51. The molecule has 188 valence electrons. The largest absolute Gasteiger partial charge is 0.466 e. The van der Waals surface area contributed by atoms with Crippen molar-refractivity contribution in [2.75, 3.05) is 35.2 Å². The van der Waals surface area contributed by atoms with E-state index in [1.807, 2.05) is 13.0 Å². The molecule has 1 saturated heterocycles. The fourth-order valence-electron chi connectivity index (χ4n) is 4.55. The minimum Gasteiger partial charge on any atom is -0.466 e. The summed E-state index contributed by atoms with van der Waals surface area (Å²) in [6, 6.07) is 6.56. The summed E-state index contributed by atoms with van der Waals surface area (Å²) < 4.78 is 36.8. The van der Waals surface area contributed by atoms with Crippen molar-refractivity contribution < 1.29 is 27.5 Å². The fraction of sp³-hybridized carbons (Fsp3) is 0.375. The first-order chi connectivity index (χ1) is 17.4. The first-order valence-electron chi connectivity index (χ1n) is 11.6. The van der Waals surface area contributed by atoms with Gasteiger partial charge in [0.05, 0.1) is 24.4 Å². The lowest BCUT2D eigenvalue weighted by Gasteiger charge is -2.33. The Kier molecular flexibility index (Phi) is 6.25. The third kappa shape index (κ3) is 4.83. The first-order valence-corrected chi connectivity index (χ1v) is 11.6. The number of benzene rings is 1. The van der Waals surface area contributed by atoms with Gasteiger partial charge >= 0.3 is 23.8 Å². The van der Waals surface area contributed by atoms with Crippen molar-refractivity contribution in [3.05, 3.63) is 54.1 Å². The Bertz CT molecular complexity index is 1270. The zero-order valence-electron chi connectivity index (χ0n) is 19.5. The highest BCUT2D eigenvalue weighted by molar-refractivity contribution is 6.00. The quantitative estimate of drug-likeness (QED) is 0.467. The molecule has 3 heterocycles. The molecule has 36 heavy (non-hydrogen) atoms. The second-order valence-corrected chi connectivity index (χ2v) is 8.88. The van der Waals surface area contributed by atoms with E-state index >= 15 is 0 Å². The highest BCUT2D eigenvalue weighted by Crippen LogP contribution is 2.60. The molecule has 1 saturated carbocycles. The molecule has 1 amide bonds. The van der Waals surface area contributed by atoms with Crippen molar-refractivity contribution in [1.82, 2.24) is 15.2 Å². The summed E-state index contributed by atoms with van der Waals surface area (Å²) in [5, 5.41) is 12.6. The Morgan fingerprint density at radius 3 is 2.61 bits per heavy atom. The number of aromatic nitrogens is 3. The van der Waals surface area contributed by atoms with Gasteiger partial charge in [-0.25, -0.2) is 13.8 Å². The molecule has 1 aromatic carbocycles. The Morgan fingerprint density at radius 2 is 1.92 bits per heavy atom.